The van der Waals surface area contributed by atoms with Crippen molar-refractivity contribution in [3.8, 4) is 5.75 Å². The van der Waals surface area contributed by atoms with Crippen molar-refractivity contribution in [1.29, 1.82) is 0 Å². The number of alkyl halides is 1. The summed E-state index contributed by atoms with van der Waals surface area (Å²) in [6.45, 7) is 2.29. The number of halogens is 1. The first kappa shape index (κ1) is 15.2. The fourth-order valence-corrected chi connectivity index (χ4v) is 2.94. The van der Waals surface area contributed by atoms with Gasteiger partial charge in [0.05, 0.1) is 5.54 Å². The van der Waals surface area contributed by atoms with Crippen molar-refractivity contribution >= 4 is 17.5 Å². The summed E-state index contributed by atoms with van der Waals surface area (Å²) >= 11 is 6.09. The van der Waals surface area contributed by atoms with Gasteiger partial charge in [-0.05, 0) is 43.7 Å². The van der Waals surface area contributed by atoms with Crippen LogP contribution in [0.4, 0.5) is 0 Å². The highest BCUT2D eigenvalue weighted by atomic mass is 35.5. The van der Waals surface area contributed by atoms with Gasteiger partial charge in [-0.1, -0.05) is 25.1 Å². The first-order chi connectivity index (χ1) is 9.63. The summed E-state index contributed by atoms with van der Waals surface area (Å²) in [6.07, 6.45) is 4.14. The highest BCUT2D eigenvalue weighted by molar-refractivity contribution is 6.18. The molecule has 0 aromatic heterocycles. The monoisotopic (exact) mass is 295 g/mol. The molecule has 1 aliphatic carbocycles. The van der Waals surface area contributed by atoms with Crippen LogP contribution in [-0.2, 0) is 4.79 Å². The van der Waals surface area contributed by atoms with E-state index in [1.807, 2.05) is 30.3 Å². The van der Waals surface area contributed by atoms with Crippen molar-refractivity contribution in [2.75, 3.05) is 12.5 Å². The highest BCUT2D eigenvalue weighted by Gasteiger charge is 2.34. The Labute approximate surface area is 125 Å². The van der Waals surface area contributed by atoms with E-state index >= 15 is 0 Å². The zero-order chi connectivity index (χ0) is 14.4. The van der Waals surface area contributed by atoms with E-state index < -0.39 is 0 Å². The molecular formula is C16H22ClNO2. The van der Waals surface area contributed by atoms with E-state index in [-0.39, 0.29) is 18.1 Å². The molecule has 110 valence electrons. The Balaban J connectivity index is 1.83. The molecule has 2 rings (SSSR count). The summed E-state index contributed by atoms with van der Waals surface area (Å²) in [7, 11) is 0. The Hall–Kier alpha value is -1.22. The first-order valence-corrected chi connectivity index (χ1v) is 7.72. The second-order valence-electron chi connectivity index (χ2n) is 5.75. The van der Waals surface area contributed by atoms with E-state index in [4.69, 9.17) is 16.3 Å². The number of hydrogen-bond donors (Lipinski definition) is 1. The summed E-state index contributed by atoms with van der Waals surface area (Å²) in [5.74, 6) is 1.81. The van der Waals surface area contributed by atoms with E-state index in [1.54, 1.807) is 0 Å². The Morgan fingerprint density at radius 3 is 2.60 bits per heavy atom. The average molecular weight is 296 g/mol. The van der Waals surface area contributed by atoms with E-state index in [0.717, 1.165) is 31.6 Å². The van der Waals surface area contributed by atoms with Crippen molar-refractivity contribution in [1.82, 2.24) is 5.32 Å². The number of ether oxygens (including phenoxy) is 1. The number of nitrogens with one attached hydrogen (secondary N) is 1. The zero-order valence-corrected chi connectivity index (χ0v) is 12.7. The van der Waals surface area contributed by atoms with Gasteiger partial charge in [0.1, 0.15) is 5.75 Å². The normalized spacial score (nSPS) is 26.0. The average Bonchev–Trinajstić information content (AvgIpc) is 2.49. The molecule has 1 aromatic carbocycles. The molecule has 0 atom stereocenters. The lowest BCUT2D eigenvalue weighted by Gasteiger charge is -2.38. The van der Waals surface area contributed by atoms with Crippen LogP contribution in [0, 0.1) is 5.92 Å². The van der Waals surface area contributed by atoms with Crippen LogP contribution >= 0.6 is 11.6 Å². The summed E-state index contributed by atoms with van der Waals surface area (Å²) in [5, 5.41) is 3.08. The molecule has 0 unspecified atom stereocenters. The van der Waals surface area contributed by atoms with Crippen LogP contribution in [0.2, 0.25) is 0 Å². The standard InChI is InChI=1S/C16H22ClNO2/c1-13-7-9-16(12-17,10-8-13)18-15(19)11-20-14-5-3-2-4-6-14/h2-6,13H,7-12H2,1H3,(H,18,19). The van der Waals surface area contributed by atoms with Gasteiger partial charge in [0.15, 0.2) is 6.61 Å². The maximum atomic E-state index is 12.0. The molecular weight excluding hydrogens is 274 g/mol. The van der Waals surface area contributed by atoms with Crippen LogP contribution in [0.15, 0.2) is 30.3 Å². The molecule has 1 aliphatic rings. The third-order valence-corrected chi connectivity index (χ3v) is 4.52. The predicted molar refractivity (Wildman–Crippen MR) is 81.2 cm³/mol. The van der Waals surface area contributed by atoms with Crippen LogP contribution in [0.3, 0.4) is 0 Å². The Kier molecular flexibility index (Phi) is 5.30. The van der Waals surface area contributed by atoms with Gasteiger partial charge in [0, 0.05) is 5.88 Å². The second-order valence-corrected chi connectivity index (χ2v) is 6.01. The van der Waals surface area contributed by atoms with E-state index in [0.29, 0.717) is 11.6 Å². The first-order valence-electron chi connectivity index (χ1n) is 7.18. The molecule has 0 aliphatic heterocycles. The minimum atomic E-state index is -0.245. The van der Waals surface area contributed by atoms with Gasteiger partial charge in [-0.2, -0.15) is 0 Å². The van der Waals surface area contributed by atoms with Gasteiger partial charge in [0.25, 0.3) is 5.91 Å². The third-order valence-electron chi connectivity index (χ3n) is 4.00. The minimum absolute atomic E-state index is 0.0399. The summed E-state index contributed by atoms with van der Waals surface area (Å²) in [4.78, 5) is 12.0. The maximum absolute atomic E-state index is 12.0. The van der Waals surface area contributed by atoms with Gasteiger partial charge < -0.3 is 10.1 Å². The smallest absolute Gasteiger partial charge is 0.258 e. The van der Waals surface area contributed by atoms with E-state index in [9.17, 15) is 4.79 Å². The van der Waals surface area contributed by atoms with Gasteiger partial charge in [-0.15, -0.1) is 11.6 Å². The fraction of sp³-hybridized carbons (Fsp3) is 0.562. The predicted octanol–water partition coefficient (Wildman–Crippen LogP) is 3.37. The summed E-state index contributed by atoms with van der Waals surface area (Å²) in [6, 6.07) is 9.37. The fourth-order valence-electron chi connectivity index (χ4n) is 2.60. The number of carbonyl (C=O) groups is 1. The molecule has 1 fully saturated rings. The SMILES string of the molecule is CC1CCC(CCl)(NC(=O)COc2ccccc2)CC1. The number of benzene rings is 1. The molecule has 1 amide bonds. The van der Waals surface area contributed by atoms with Crippen LogP contribution in [-0.4, -0.2) is 23.9 Å². The van der Waals surface area contributed by atoms with Gasteiger partial charge in [0.2, 0.25) is 0 Å². The molecule has 0 bridgehead atoms. The van der Waals surface area contributed by atoms with Crippen molar-refractivity contribution in [3.05, 3.63) is 30.3 Å². The number of rotatable bonds is 5. The number of amides is 1. The van der Waals surface area contributed by atoms with E-state index in [1.165, 1.54) is 0 Å². The topological polar surface area (TPSA) is 38.3 Å². The molecule has 20 heavy (non-hydrogen) atoms. The maximum Gasteiger partial charge on any atom is 0.258 e. The third kappa shape index (κ3) is 4.14. The molecule has 0 heterocycles. The number of para-hydroxylation sites is 1. The molecule has 0 spiro atoms. The van der Waals surface area contributed by atoms with Gasteiger partial charge in [-0.3, -0.25) is 4.79 Å². The van der Waals surface area contributed by atoms with Crippen LogP contribution < -0.4 is 10.1 Å². The molecule has 1 saturated carbocycles. The molecule has 0 radical (unpaired) electrons. The molecule has 4 heteroatoms. The largest absolute Gasteiger partial charge is 0.484 e. The van der Waals surface area contributed by atoms with Gasteiger partial charge in [-0.25, -0.2) is 0 Å². The highest BCUT2D eigenvalue weighted by Crippen LogP contribution is 2.32. The molecule has 3 nitrogen and oxygen atoms in total. The Morgan fingerprint density at radius 2 is 2.00 bits per heavy atom. The zero-order valence-electron chi connectivity index (χ0n) is 11.9. The Morgan fingerprint density at radius 1 is 1.35 bits per heavy atom. The molecule has 1 aromatic rings. The minimum Gasteiger partial charge on any atom is -0.484 e. The number of hydrogen-bond acceptors (Lipinski definition) is 2. The lowest BCUT2D eigenvalue weighted by molar-refractivity contribution is -0.125. The molecule has 1 N–H and O–H groups in total. The van der Waals surface area contributed by atoms with Gasteiger partial charge >= 0.3 is 0 Å². The van der Waals surface area contributed by atoms with Crippen LogP contribution in [0.1, 0.15) is 32.6 Å². The lowest BCUT2D eigenvalue weighted by Crippen LogP contribution is -2.53. The second kappa shape index (κ2) is 6.98. The van der Waals surface area contributed by atoms with Crippen molar-refractivity contribution in [2.45, 2.75) is 38.1 Å². The molecule has 0 saturated heterocycles. The number of carbonyl (C=O) groups excluding carboxylic acids is 1. The summed E-state index contributed by atoms with van der Waals surface area (Å²) < 4.78 is 5.46. The van der Waals surface area contributed by atoms with Crippen molar-refractivity contribution in [3.63, 3.8) is 0 Å². The van der Waals surface area contributed by atoms with Crippen molar-refractivity contribution < 1.29 is 9.53 Å². The van der Waals surface area contributed by atoms with Crippen molar-refractivity contribution in [2.24, 2.45) is 5.92 Å². The van der Waals surface area contributed by atoms with Crippen LogP contribution in [0.25, 0.3) is 0 Å². The summed E-state index contributed by atoms with van der Waals surface area (Å²) in [5.41, 5.74) is -0.245. The Bertz CT molecular complexity index is 427. The van der Waals surface area contributed by atoms with E-state index in [2.05, 4.69) is 12.2 Å². The lowest BCUT2D eigenvalue weighted by atomic mass is 9.78. The quantitative estimate of drug-likeness (QED) is 0.846. The van der Waals surface area contributed by atoms with Crippen LogP contribution in [0.5, 0.6) is 5.75 Å².